The molecule has 2 aromatic heterocycles. The highest BCUT2D eigenvalue weighted by Crippen LogP contribution is 2.32. The molecule has 0 saturated carbocycles. The summed E-state index contributed by atoms with van der Waals surface area (Å²) in [5.74, 6) is 0.591. The summed E-state index contributed by atoms with van der Waals surface area (Å²) in [6.45, 7) is 0.975. The number of halogens is 2. The van der Waals surface area contributed by atoms with Crippen LogP contribution in [0.1, 0.15) is 25.2 Å². The van der Waals surface area contributed by atoms with Gasteiger partial charge in [-0.15, -0.1) is 0 Å². The second-order valence-electron chi connectivity index (χ2n) is 6.67. The number of benzene rings is 1. The topological polar surface area (TPSA) is 102 Å². The van der Waals surface area contributed by atoms with Crippen molar-refractivity contribution in [3.63, 3.8) is 0 Å². The van der Waals surface area contributed by atoms with Crippen LogP contribution in [0.25, 0.3) is 11.4 Å². The summed E-state index contributed by atoms with van der Waals surface area (Å²) in [7, 11) is 0. The third kappa shape index (κ3) is 4.15. The second kappa shape index (κ2) is 7.12. The molecule has 1 unspecified atom stereocenters. The van der Waals surface area contributed by atoms with E-state index in [1.54, 1.807) is 18.2 Å². The summed E-state index contributed by atoms with van der Waals surface area (Å²) < 4.78 is 35.6. The van der Waals surface area contributed by atoms with Crippen LogP contribution in [0.2, 0.25) is 0 Å². The first-order chi connectivity index (χ1) is 13.8. The van der Waals surface area contributed by atoms with Gasteiger partial charge in [0.1, 0.15) is 17.3 Å². The zero-order valence-electron chi connectivity index (χ0n) is 15.2. The van der Waals surface area contributed by atoms with Gasteiger partial charge in [-0.3, -0.25) is 9.69 Å². The highest BCUT2D eigenvalue weighted by atomic mass is 19.3. The van der Waals surface area contributed by atoms with Crippen molar-refractivity contribution in [3.05, 3.63) is 48.5 Å². The van der Waals surface area contributed by atoms with Crippen LogP contribution in [0.4, 0.5) is 14.6 Å². The molecule has 1 aliphatic rings. The Morgan fingerprint density at radius 2 is 2.00 bits per heavy atom. The van der Waals surface area contributed by atoms with Gasteiger partial charge in [0.25, 0.3) is 0 Å². The first-order valence-corrected chi connectivity index (χ1v) is 8.75. The van der Waals surface area contributed by atoms with Crippen LogP contribution in [0, 0.1) is 0 Å². The van der Waals surface area contributed by atoms with Gasteiger partial charge in [0.15, 0.2) is 0 Å². The van der Waals surface area contributed by atoms with Crippen molar-refractivity contribution in [3.8, 4) is 22.9 Å². The Bertz CT molecular complexity index is 1020. The molecule has 0 bridgehead atoms. The van der Waals surface area contributed by atoms with Gasteiger partial charge in [-0.2, -0.15) is 13.8 Å². The molecule has 1 saturated heterocycles. The minimum absolute atomic E-state index is 0.0116. The Labute approximate surface area is 163 Å². The fraction of sp³-hybridized carbons (Fsp3) is 0.263. The molecule has 1 fully saturated rings. The molecule has 3 aromatic rings. The van der Waals surface area contributed by atoms with Crippen LogP contribution < -0.4 is 9.64 Å². The van der Waals surface area contributed by atoms with Gasteiger partial charge in [-0.25, -0.2) is 4.98 Å². The molecule has 0 aliphatic carbocycles. The number of pyridine rings is 1. The summed E-state index contributed by atoms with van der Waals surface area (Å²) in [6.07, 6.45) is -1.82. The third-order valence-corrected chi connectivity index (χ3v) is 4.33. The number of hydrogen-bond donors (Lipinski definition) is 1. The maximum atomic E-state index is 12.9. The van der Waals surface area contributed by atoms with E-state index in [-0.39, 0.29) is 35.6 Å². The van der Waals surface area contributed by atoms with Crippen molar-refractivity contribution < 1.29 is 27.9 Å². The molecular formula is C19H16F2N4O4. The molecule has 0 spiro atoms. The number of hydrogen-bond acceptors (Lipinski definition) is 7. The lowest BCUT2D eigenvalue weighted by Gasteiger charge is -2.14. The van der Waals surface area contributed by atoms with E-state index in [0.29, 0.717) is 30.7 Å². The van der Waals surface area contributed by atoms with Gasteiger partial charge < -0.3 is 14.4 Å². The van der Waals surface area contributed by atoms with E-state index >= 15 is 0 Å². The van der Waals surface area contributed by atoms with Crippen LogP contribution in [-0.4, -0.2) is 38.8 Å². The fourth-order valence-corrected chi connectivity index (χ4v) is 3.03. The molecule has 150 valence electrons. The molecule has 1 aliphatic heterocycles. The van der Waals surface area contributed by atoms with Crippen LogP contribution in [0.5, 0.6) is 11.5 Å². The Morgan fingerprint density at radius 3 is 2.66 bits per heavy atom. The SMILES string of the molecule is CC(F)(F)Oc1ccc(-c2noc(C3CC(=O)N(c4ccc(O)cn4)C3)n2)cc1. The summed E-state index contributed by atoms with van der Waals surface area (Å²) in [6, 6.07) is 8.87. The van der Waals surface area contributed by atoms with Gasteiger partial charge in [0.2, 0.25) is 17.6 Å². The van der Waals surface area contributed by atoms with Gasteiger partial charge in [-0.1, -0.05) is 5.16 Å². The van der Waals surface area contributed by atoms with E-state index in [1.165, 1.54) is 29.3 Å². The number of ether oxygens (including phenoxy) is 1. The van der Waals surface area contributed by atoms with E-state index in [0.717, 1.165) is 0 Å². The molecule has 4 rings (SSSR count). The number of alkyl halides is 2. The molecule has 1 amide bonds. The predicted octanol–water partition coefficient (Wildman–Crippen LogP) is 3.35. The quantitative estimate of drug-likeness (QED) is 0.698. The molecule has 0 radical (unpaired) electrons. The number of aromatic hydroxyl groups is 1. The number of aromatic nitrogens is 3. The average Bonchev–Trinajstić information content (AvgIpc) is 3.29. The number of nitrogens with zero attached hydrogens (tertiary/aromatic N) is 4. The smallest absolute Gasteiger partial charge is 0.394 e. The monoisotopic (exact) mass is 402 g/mol. The molecule has 29 heavy (non-hydrogen) atoms. The van der Waals surface area contributed by atoms with Crippen molar-refractivity contribution in [1.82, 2.24) is 15.1 Å². The molecule has 1 N–H and O–H groups in total. The standard InChI is InChI=1S/C19H16F2N4O4/c1-19(20,21)28-14-5-2-11(3-6-14)17-23-18(29-24-17)12-8-16(27)25(10-12)15-7-4-13(26)9-22-15/h2-7,9,12,26H,8,10H2,1H3. The normalized spacial score (nSPS) is 17.0. The minimum atomic E-state index is -3.27. The van der Waals surface area contributed by atoms with E-state index in [9.17, 15) is 18.7 Å². The molecule has 3 heterocycles. The summed E-state index contributed by atoms with van der Waals surface area (Å²) >= 11 is 0. The lowest BCUT2D eigenvalue weighted by atomic mass is 10.1. The van der Waals surface area contributed by atoms with Crippen molar-refractivity contribution in [2.24, 2.45) is 0 Å². The Morgan fingerprint density at radius 1 is 1.24 bits per heavy atom. The highest BCUT2D eigenvalue weighted by molar-refractivity contribution is 5.95. The third-order valence-electron chi connectivity index (χ3n) is 4.33. The predicted molar refractivity (Wildman–Crippen MR) is 96.6 cm³/mol. The van der Waals surface area contributed by atoms with Gasteiger partial charge in [-0.05, 0) is 36.4 Å². The largest absolute Gasteiger partial charge is 0.506 e. The molecular weight excluding hydrogens is 386 g/mol. The average molecular weight is 402 g/mol. The van der Waals surface area contributed by atoms with Gasteiger partial charge in [0, 0.05) is 25.5 Å². The Hall–Kier alpha value is -3.56. The van der Waals surface area contributed by atoms with Crippen LogP contribution in [-0.2, 0) is 4.79 Å². The molecule has 10 heteroatoms. The maximum absolute atomic E-state index is 12.9. The Balaban J connectivity index is 1.48. The number of anilines is 1. The summed E-state index contributed by atoms with van der Waals surface area (Å²) in [4.78, 5) is 22.2. The van der Waals surface area contributed by atoms with E-state index in [1.807, 2.05) is 0 Å². The highest BCUT2D eigenvalue weighted by Gasteiger charge is 2.35. The van der Waals surface area contributed by atoms with Gasteiger partial charge in [0.05, 0.1) is 12.1 Å². The maximum Gasteiger partial charge on any atom is 0.394 e. The van der Waals surface area contributed by atoms with E-state index < -0.39 is 6.11 Å². The summed E-state index contributed by atoms with van der Waals surface area (Å²) in [5.41, 5.74) is 0.563. The molecule has 1 atom stereocenters. The first kappa shape index (κ1) is 18.8. The van der Waals surface area contributed by atoms with E-state index in [2.05, 4.69) is 19.9 Å². The minimum Gasteiger partial charge on any atom is -0.506 e. The first-order valence-electron chi connectivity index (χ1n) is 8.75. The zero-order valence-corrected chi connectivity index (χ0v) is 15.2. The van der Waals surface area contributed by atoms with Crippen molar-refractivity contribution in [1.29, 1.82) is 0 Å². The Kier molecular flexibility index (Phi) is 4.61. The second-order valence-corrected chi connectivity index (χ2v) is 6.67. The van der Waals surface area contributed by atoms with Gasteiger partial charge >= 0.3 is 6.11 Å². The fourth-order valence-electron chi connectivity index (χ4n) is 3.03. The number of amides is 1. The molecule has 1 aromatic carbocycles. The molecule has 8 nitrogen and oxygen atoms in total. The van der Waals surface area contributed by atoms with E-state index in [4.69, 9.17) is 4.52 Å². The summed E-state index contributed by atoms with van der Waals surface area (Å²) in [5, 5.41) is 13.3. The zero-order chi connectivity index (χ0) is 20.6. The van der Waals surface area contributed by atoms with Crippen molar-refractivity contribution >= 4 is 11.7 Å². The lowest BCUT2D eigenvalue weighted by molar-refractivity contribution is -0.158. The number of rotatable bonds is 5. The van der Waals surface area contributed by atoms with Crippen LogP contribution in [0.3, 0.4) is 0 Å². The van der Waals surface area contributed by atoms with Crippen molar-refractivity contribution in [2.75, 3.05) is 11.4 Å². The number of carbonyl (C=O) groups is 1. The van der Waals surface area contributed by atoms with Crippen LogP contribution >= 0.6 is 0 Å². The van der Waals surface area contributed by atoms with Crippen LogP contribution in [0.15, 0.2) is 47.1 Å². The lowest BCUT2D eigenvalue weighted by Crippen LogP contribution is -2.25. The number of carbonyl (C=O) groups excluding carboxylic acids is 1. The van der Waals surface area contributed by atoms with Crippen molar-refractivity contribution in [2.45, 2.75) is 25.4 Å².